The minimum absolute atomic E-state index is 0.138. The second kappa shape index (κ2) is 7.52. The van der Waals surface area contributed by atoms with Gasteiger partial charge in [0, 0.05) is 19.0 Å². The summed E-state index contributed by atoms with van der Waals surface area (Å²) in [5.74, 6) is -0.124. The molecule has 5 heteroatoms. The van der Waals surface area contributed by atoms with Crippen LogP contribution in [0.25, 0.3) is 0 Å². The lowest BCUT2D eigenvalue weighted by Gasteiger charge is -2.34. The monoisotopic (exact) mass is 294 g/mol. The summed E-state index contributed by atoms with van der Waals surface area (Å²) in [6, 6.07) is 6.46. The second-order valence-electron chi connectivity index (χ2n) is 5.41. The van der Waals surface area contributed by atoms with Crippen LogP contribution in [0.3, 0.4) is 0 Å². The number of halogens is 1. The van der Waals surface area contributed by atoms with Crippen molar-refractivity contribution in [3.05, 3.63) is 35.6 Å². The Hall–Kier alpha value is -1.46. The number of benzene rings is 1. The number of amides is 1. The number of carbonyl (C=O) groups excluding carboxylic acids is 1. The minimum Gasteiger partial charge on any atom is -0.370 e. The van der Waals surface area contributed by atoms with Gasteiger partial charge in [-0.3, -0.25) is 4.79 Å². The SMILES string of the molecule is CCNC(C)CC(=O)N1CCOC(c2ccc(F)cc2)C1. The predicted molar refractivity (Wildman–Crippen MR) is 79.4 cm³/mol. The lowest BCUT2D eigenvalue weighted by atomic mass is 10.1. The predicted octanol–water partition coefficient (Wildman–Crippen LogP) is 2.11. The van der Waals surface area contributed by atoms with Crippen molar-refractivity contribution in [2.24, 2.45) is 0 Å². The molecule has 1 aliphatic rings. The lowest BCUT2D eigenvalue weighted by molar-refractivity contribution is -0.139. The Kier molecular flexibility index (Phi) is 5.70. The van der Waals surface area contributed by atoms with Crippen molar-refractivity contribution < 1.29 is 13.9 Å². The normalized spacial score (nSPS) is 20.3. The molecular formula is C16H23FN2O2. The van der Waals surface area contributed by atoms with E-state index in [1.807, 2.05) is 18.7 Å². The standard InChI is InChI=1S/C16H23FN2O2/c1-3-18-12(2)10-16(20)19-8-9-21-15(11-19)13-4-6-14(17)7-5-13/h4-7,12,15,18H,3,8-11H2,1-2H3. The summed E-state index contributed by atoms with van der Waals surface area (Å²) in [7, 11) is 0. The molecular weight excluding hydrogens is 271 g/mol. The van der Waals surface area contributed by atoms with Gasteiger partial charge in [0.15, 0.2) is 0 Å². The third-order valence-electron chi connectivity index (χ3n) is 3.69. The summed E-state index contributed by atoms with van der Waals surface area (Å²) in [5, 5.41) is 3.24. The van der Waals surface area contributed by atoms with Crippen LogP contribution >= 0.6 is 0 Å². The molecule has 1 heterocycles. The van der Waals surface area contributed by atoms with Gasteiger partial charge in [0.1, 0.15) is 11.9 Å². The maximum Gasteiger partial charge on any atom is 0.224 e. The number of carbonyl (C=O) groups is 1. The van der Waals surface area contributed by atoms with Gasteiger partial charge >= 0.3 is 0 Å². The average Bonchev–Trinajstić information content (AvgIpc) is 2.48. The molecule has 116 valence electrons. The number of hydrogen-bond acceptors (Lipinski definition) is 3. The molecule has 4 nitrogen and oxygen atoms in total. The molecule has 1 amide bonds. The highest BCUT2D eigenvalue weighted by Crippen LogP contribution is 2.23. The van der Waals surface area contributed by atoms with Crippen LogP contribution in [0.5, 0.6) is 0 Å². The van der Waals surface area contributed by atoms with Gasteiger partial charge in [-0.05, 0) is 31.2 Å². The molecule has 1 fully saturated rings. The van der Waals surface area contributed by atoms with Gasteiger partial charge in [-0.15, -0.1) is 0 Å². The molecule has 1 saturated heterocycles. The van der Waals surface area contributed by atoms with Crippen molar-refractivity contribution in [2.75, 3.05) is 26.2 Å². The number of hydrogen-bond donors (Lipinski definition) is 1. The topological polar surface area (TPSA) is 41.6 Å². The first-order valence-electron chi connectivity index (χ1n) is 7.48. The zero-order chi connectivity index (χ0) is 15.2. The van der Waals surface area contributed by atoms with Crippen LogP contribution in [0.4, 0.5) is 4.39 Å². The lowest BCUT2D eigenvalue weighted by Crippen LogP contribution is -2.44. The highest BCUT2D eigenvalue weighted by molar-refractivity contribution is 5.77. The first kappa shape index (κ1) is 15.9. The number of nitrogens with one attached hydrogen (secondary N) is 1. The van der Waals surface area contributed by atoms with E-state index in [1.54, 1.807) is 12.1 Å². The first-order chi connectivity index (χ1) is 10.1. The zero-order valence-corrected chi connectivity index (χ0v) is 12.6. The highest BCUT2D eigenvalue weighted by atomic mass is 19.1. The van der Waals surface area contributed by atoms with Gasteiger partial charge < -0.3 is 15.0 Å². The summed E-state index contributed by atoms with van der Waals surface area (Å²) in [6.07, 6.45) is 0.321. The van der Waals surface area contributed by atoms with Gasteiger partial charge in [-0.2, -0.15) is 0 Å². The molecule has 2 rings (SSSR count). The minimum atomic E-state index is -0.262. The van der Waals surface area contributed by atoms with Crippen LogP contribution in [0.2, 0.25) is 0 Å². The molecule has 0 saturated carbocycles. The Morgan fingerprint density at radius 1 is 1.48 bits per heavy atom. The van der Waals surface area contributed by atoms with E-state index < -0.39 is 0 Å². The maximum atomic E-state index is 13.0. The summed E-state index contributed by atoms with van der Waals surface area (Å²) < 4.78 is 18.7. The van der Waals surface area contributed by atoms with Crippen LogP contribution in [0.15, 0.2) is 24.3 Å². The average molecular weight is 294 g/mol. The van der Waals surface area contributed by atoms with Crippen LogP contribution in [0, 0.1) is 5.82 Å². The molecule has 2 unspecified atom stereocenters. The molecule has 2 atom stereocenters. The van der Waals surface area contributed by atoms with Crippen molar-refractivity contribution >= 4 is 5.91 Å². The molecule has 1 aromatic rings. The van der Waals surface area contributed by atoms with Crippen molar-refractivity contribution in [1.82, 2.24) is 10.2 Å². The van der Waals surface area contributed by atoms with Crippen LogP contribution in [-0.4, -0.2) is 43.1 Å². The molecule has 0 bridgehead atoms. The molecule has 0 aromatic heterocycles. The number of rotatable bonds is 5. The highest BCUT2D eigenvalue weighted by Gasteiger charge is 2.26. The van der Waals surface area contributed by atoms with E-state index >= 15 is 0 Å². The van der Waals surface area contributed by atoms with E-state index in [0.29, 0.717) is 26.1 Å². The third-order valence-corrected chi connectivity index (χ3v) is 3.69. The van der Waals surface area contributed by atoms with E-state index in [0.717, 1.165) is 12.1 Å². The van der Waals surface area contributed by atoms with Gasteiger partial charge in [-0.25, -0.2) is 4.39 Å². The van der Waals surface area contributed by atoms with E-state index in [1.165, 1.54) is 12.1 Å². The van der Waals surface area contributed by atoms with Crippen LogP contribution < -0.4 is 5.32 Å². The van der Waals surface area contributed by atoms with Gasteiger partial charge in [-0.1, -0.05) is 19.1 Å². The number of morpholine rings is 1. The molecule has 0 radical (unpaired) electrons. The fourth-order valence-corrected chi connectivity index (χ4v) is 2.57. The van der Waals surface area contributed by atoms with E-state index in [9.17, 15) is 9.18 Å². The van der Waals surface area contributed by atoms with E-state index in [-0.39, 0.29) is 23.9 Å². The molecule has 1 aromatic carbocycles. The van der Waals surface area contributed by atoms with Crippen molar-refractivity contribution in [2.45, 2.75) is 32.4 Å². The van der Waals surface area contributed by atoms with Crippen molar-refractivity contribution in [3.8, 4) is 0 Å². The summed E-state index contributed by atoms with van der Waals surface area (Å²) in [4.78, 5) is 14.1. The molecule has 0 spiro atoms. The Morgan fingerprint density at radius 2 is 2.19 bits per heavy atom. The van der Waals surface area contributed by atoms with Gasteiger partial charge in [0.05, 0.1) is 13.2 Å². The Bertz CT molecular complexity index is 464. The smallest absolute Gasteiger partial charge is 0.224 e. The summed E-state index contributed by atoms with van der Waals surface area (Å²) in [6.45, 7) is 6.57. The van der Waals surface area contributed by atoms with Crippen molar-refractivity contribution in [1.29, 1.82) is 0 Å². The quantitative estimate of drug-likeness (QED) is 0.904. The zero-order valence-electron chi connectivity index (χ0n) is 12.6. The fourth-order valence-electron chi connectivity index (χ4n) is 2.57. The largest absolute Gasteiger partial charge is 0.370 e. The summed E-state index contributed by atoms with van der Waals surface area (Å²) >= 11 is 0. The van der Waals surface area contributed by atoms with E-state index in [2.05, 4.69) is 5.32 Å². The number of ether oxygens (including phenoxy) is 1. The van der Waals surface area contributed by atoms with Crippen LogP contribution in [0.1, 0.15) is 31.9 Å². The summed E-state index contributed by atoms with van der Waals surface area (Å²) in [5.41, 5.74) is 0.911. The Labute approximate surface area is 125 Å². The third kappa shape index (κ3) is 4.51. The number of nitrogens with zero attached hydrogens (tertiary/aromatic N) is 1. The molecule has 0 aliphatic carbocycles. The Morgan fingerprint density at radius 3 is 2.86 bits per heavy atom. The maximum absolute atomic E-state index is 13.0. The van der Waals surface area contributed by atoms with E-state index in [4.69, 9.17) is 4.74 Å². The Balaban J connectivity index is 1.94. The van der Waals surface area contributed by atoms with Gasteiger partial charge in [0.2, 0.25) is 5.91 Å². The first-order valence-corrected chi connectivity index (χ1v) is 7.48. The molecule has 1 N–H and O–H groups in total. The second-order valence-corrected chi connectivity index (χ2v) is 5.41. The van der Waals surface area contributed by atoms with Crippen molar-refractivity contribution in [3.63, 3.8) is 0 Å². The van der Waals surface area contributed by atoms with Crippen LogP contribution in [-0.2, 0) is 9.53 Å². The molecule has 1 aliphatic heterocycles. The molecule has 21 heavy (non-hydrogen) atoms. The van der Waals surface area contributed by atoms with Gasteiger partial charge in [0.25, 0.3) is 0 Å². The fraction of sp³-hybridized carbons (Fsp3) is 0.562.